The molecule has 1 aromatic rings. The summed E-state index contributed by atoms with van der Waals surface area (Å²) in [4.78, 5) is 25.1. The lowest BCUT2D eigenvalue weighted by molar-refractivity contribution is -0.125. The summed E-state index contributed by atoms with van der Waals surface area (Å²) in [7, 11) is 0. The third kappa shape index (κ3) is 2.80. The maximum Gasteiger partial charge on any atom is 0.151 e. The molecule has 0 radical (unpaired) electrons. The maximum atomic E-state index is 12.7. The van der Waals surface area contributed by atoms with E-state index >= 15 is 0 Å². The molecule has 0 N–H and O–H groups in total. The van der Waals surface area contributed by atoms with E-state index in [0.717, 1.165) is 42.7 Å². The van der Waals surface area contributed by atoms with Crippen LogP contribution in [0.3, 0.4) is 0 Å². The summed E-state index contributed by atoms with van der Waals surface area (Å²) < 4.78 is 5.38. The average Bonchev–Trinajstić information content (AvgIpc) is 3.03. The van der Waals surface area contributed by atoms with Crippen LogP contribution in [-0.4, -0.2) is 24.8 Å². The molecular weight excluding hydrogens is 264 g/mol. The zero-order valence-corrected chi connectivity index (χ0v) is 12.7. The number of hydrogen-bond donors (Lipinski definition) is 0. The molecule has 1 aliphatic heterocycles. The van der Waals surface area contributed by atoms with Gasteiger partial charge in [0, 0.05) is 25.6 Å². The van der Waals surface area contributed by atoms with Crippen molar-refractivity contribution in [2.75, 3.05) is 13.2 Å². The van der Waals surface area contributed by atoms with Crippen LogP contribution >= 0.6 is 0 Å². The molecule has 1 aliphatic carbocycles. The first-order valence-corrected chi connectivity index (χ1v) is 7.77. The molecule has 0 spiro atoms. The molecule has 0 aromatic heterocycles. The second-order valence-corrected chi connectivity index (χ2v) is 6.53. The molecule has 1 saturated carbocycles. The SMILES string of the molecule is Cc1ccc(C)c(C2C(=O)CC(CC3CCOC3)C2=O)c1. The summed E-state index contributed by atoms with van der Waals surface area (Å²) in [5, 5.41) is 0. The highest BCUT2D eigenvalue weighted by Gasteiger charge is 2.43. The van der Waals surface area contributed by atoms with Crippen LogP contribution in [-0.2, 0) is 14.3 Å². The first kappa shape index (κ1) is 14.5. The summed E-state index contributed by atoms with van der Waals surface area (Å²) in [5.74, 6) is 0.0358. The number of benzene rings is 1. The maximum absolute atomic E-state index is 12.7. The third-order valence-corrected chi connectivity index (χ3v) is 4.84. The van der Waals surface area contributed by atoms with Gasteiger partial charge >= 0.3 is 0 Å². The Morgan fingerprint density at radius 3 is 2.76 bits per heavy atom. The topological polar surface area (TPSA) is 43.4 Å². The summed E-state index contributed by atoms with van der Waals surface area (Å²) in [6.07, 6.45) is 2.24. The Labute approximate surface area is 125 Å². The smallest absolute Gasteiger partial charge is 0.151 e. The number of hydrogen-bond acceptors (Lipinski definition) is 3. The molecule has 3 rings (SSSR count). The lowest BCUT2D eigenvalue weighted by Gasteiger charge is -2.15. The molecule has 1 aromatic carbocycles. The van der Waals surface area contributed by atoms with E-state index < -0.39 is 5.92 Å². The molecule has 3 nitrogen and oxygen atoms in total. The molecule has 3 atom stereocenters. The number of ether oxygens (including phenoxy) is 1. The highest BCUT2D eigenvalue weighted by atomic mass is 16.5. The van der Waals surface area contributed by atoms with Crippen molar-refractivity contribution in [3.8, 4) is 0 Å². The summed E-state index contributed by atoms with van der Waals surface area (Å²) in [6.45, 7) is 5.51. The van der Waals surface area contributed by atoms with E-state index in [9.17, 15) is 9.59 Å². The molecule has 3 unspecified atom stereocenters. The molecule has 1 saturated heterocycles. The van der Waals surface area contributed by atoms with Crippen LogP contribution in [0.15, 0.2) is 18.2 Å². The third-order valence-electron chi connectivity index (χ3n) is 4.84. The Morgan fingerprint density at radius 1 is 1.24 bits per heavy atom. The highest BCUT2D eigenvalue weighted by Crippen LogP contribution is 2.38. The number of ketones is 2. The van der Waals surface area contributed by atoms with E-state index in [2.05, 4.69) is 0 Å². The molecule has 21 heavy (non-hydrogen) atoms. The van der Waals surface area contributed by atoms with Gasteiger partial charge in [-0.1, -0.05) is 23.8 Å². The number of aryl methyl sites for hydroxylation is 2. The molecule has 112 valence electrons. The average molecular weight is 286 g/mol. The van der Waals surface area contributed by atoms with Crippen LogP contribution in [0, 0.1) is 25.7 Å². The summed E-state index contributed by atoms with van der Waals surface area (Å²) in [6, 6.07) is 6.02. The fraction of sp³-hybridized carbons (Fsp3) is 0.556. The van der Waals surface area contributed by atoms with Crippen molar-refractivity contribution in [3.63, 3.8) is 0 Å². The van der Waals surface area contributed by atoms with E-state index in [0.29, 0.717) is 12.3 Å². The summed E-state index contributed by atoms with van der Waals surface area (Å²) in [5.41, 5.74) is 3.05. The van der Waals surface area contributed by atoms with Gasteiger partial charge in [-0.15, -0.1) is 0 Å². The highest BCUT2D eigenvalue weighted by molar-refractivity contribution is 6.14. The normalized spacial score (nSPS) is 29.3. The molecular formula is C18H22O3. The standard InChI is InChI=1S/C18H22O3/c1-11-3-4-12(2)15(7-11)17-16(19)9-14(18(17)20)8-13-5-6-21-10-13/h3-4,7,13-14,17H,5-6,8-10H2,1-2H3. The van der Waals surface area contributed by atoms with Crippen LogP contribution in [0.25, 0.3) is 0 Å². The monoisotopic (exact) mass is 286 g/mol. The molecule has 3 heteroatoms. The first-order chi connectivity index (χ1) is 10.1. The second kappa shape index (κ2) is 5.72. The molecule has 1 heterocycles. The Kier molecular flexibility index (Phi) is 3.94. The predicted molar refractivity (Wildman–Crippen MR) is 80.3 cm³/mol. The number of rotatable bonds is 3. The number of carbonyl (C=O) groups excluding carboxylic acids is 2. The molecule has 2 fully saturated rings. The van der Waals surface area contributed by atoms with Crippen molar-refractivity contribution in [3.05, 3.63) is 34.9 Å². The van der Waals surface area contributed by atoms with Gasteiger partial charge < -0.3 is 4.74 Å². The van der Waals surface area contributed by atoms with Crippen LogP contribution < -0.4 is 0 Å². The van der Waals surface area contributed by atoms with E-state index in [1.165, 1.54) is 0 Å². The van der Waals surface area contributed by atoms with Gasteiger partial charge in [0.05, 0.1) is 0 Å². The lowest BCUT2D eigenvalue weighted by Crippen LogP contribution is -2.18. The van der Waals surface area contributed by atoms with Crippen molar-refractivity contribution >= 4 is 11.6 Å². The van der Waals surface area contributed by atoms with Gasteiger partial charge in [-0.2, -0.15) is 0 Å². The van der Waals surface area contributed by atoms with Gasteiger partial charge in [-0.3, -0.25) is 9.59 Å². The van der Waals surface area contributed by atoms with Crippen LogP contribution in [0.4, 0.5) is 0 Å². The van der Waals surface area contributed by atoms with Crippen LogP contribution in [0.5, 0.6) is 0 Å². The Balaban J connectivity index is 1.81. The van der Waals surface area contributed by atoms with Crippen molar-refractivity contribution in [2.45, 2.75) is 39.0 Å². The van der Waals surface area contributed by atoms with Crippen LogP contribution in [0.2, 0.25) is 0 Å². The van der Waals surface area contributed by atoms with Crippen molar-refractivity contribution in [1.29, 1.82) is 0 Å². The fourth-order valence-electron chi connectivity index (χ4n) is 3.62. The van der Waals surface area contributed by atoms with Crippen molar-refractivity contribution in [1.82, 2.24) is 0 Å². The second-order valence-electron chi connectivity index (χ2n) is 6.53. The van der Waals surface area contributed by atoms with E-state index in [4.69, 9.17) is 4.74 Å². The lowest BCUT2D eigenvalue weighted by atomic mass is 9.87. The van der Waals surface area contributed by atoms with Crippen molar-refractivity contribution in [2.24, 2.45) is 11.8 Å². The number of carbonyl (C=O) groups is 2. The Bertz CT molecular complexity index is 570. The van der Waals surface area contributed by atoms with Gasteiger partial charge in [0.15, 0.2) is 5.78 Å². The first-order valence-electron chi connectivity index (χ1n) is 7.77. The van der Waals surface area contributed by atoms with Gasteiger partial charge in [0.2, 0.25) is 0 Å². The predicted octanol–water partition coefficient (Wildman–Crippen LogP) is 2.97. The minimum atomic E-state index is -0.530. The largest absolute Gasteiger partial charge is 0.381 e. The van der Waals surface area contributed by atoms with Gasteiger partial charge in [-0.05, 0) is 43.7 Å². The minimum Gasteiger partial charge on any atom is -0.381 e. The molecule has 0 amide bonds. The van der Waals surface area contributed by atoms with Gasteiger partial charge in [0.1, 0.15) is 11.7 Å². The quantitative estimate of drug-likeness (QED) is 0.802. The van der Waals surface area contributed by atoms with E-state index in [-0.39, 0.29) is 17.5 Å². The van der Waals surface area contributed by atoms with Crippen LogP contribution in [0.1, 0.15) is 41.9 Å². The molecule has 2 aliphatic rings. The Morgan fingerprint density at radius 2 is 2.05 bits per heavy atom. The van der Waals surface area contributed by atoms with Gasteiger partial charge in [0.25, 0.3) is 0 Å². The van der Waals surface area contributed by atoms with E-state index in [1.54, 1.807) is 0 Å². The van der Waals surface area contributed by atoms with E-state index in [1.807, 2.05) is 32.0 Å². The van der Waals surface area contributed by atoms with Gasteiger partial charge in [-0.25, -0.2) is 0 Å². The summed E-state index contributed by atoms with van der Waals surface area (Å²) >= 11 is 0. The fourth-order valence-corrected chi connectivity index (χ4v) is 3.62. The van der Waals surface area contributed by atoms with Crippen molar-refractivity contribution < 1.29 is 14.3 Å². The minimum absolute atomic E-state index is 0.0950. The zero-order valence-electron chi connectivity index (χ0n) is 12.7. The number of Topliss-reactive ketones (excluding diaryl/α,β-unsaturated/α-hetero) is 2. The zero-order chi connectivity index (χ0) is 15.0. The Hall–Kier alpha value is -1.48. The molecule has 0 bridgehead atoms.